The molecular weight excluding hydrogens is 370 g/mol. The molecular formula is C23H21NO5. The number of nitriles is 1. The summed E-state index contributed by atoms with van der Waals surface area (Å²) >= 11 is 0. The number of hydrogen-bond donors (Lipinski definition) is 0. The smallest absolute Gasteiger partial charge is 0.349 e. The highest BCUT2D eigenvalue weighted by atomic mass is 16.5. The first-order valence-electron chi connectivity index (χ1n) is 9.06. The Labute approximate surface area is 169 Å². The van der Waals surface area contributed by atoms with Crippen molar-refractivity contribution in [2.24, 2.45) is 0 Å². The summed E-state index contributed by atoms with van der Waals surface area (Å²) in [6.07, 6.45) is 1.68. The molecule has 0 radical (unpaired) electrons. The topological polar surface area (TPSA) is 77.8 Å². The predicted octanol–water partition coefficient (Wildman–Crippen LogP) is 4.29. The van der Waals surface area contributed by atoms with Gasteiger partial charge in [-0.1, -0.05) is 11.6 Å². The third kappa shape index (κ3) is 3.94. The molecule has 148 valence electrons. The molecule has 0 amide bonds. The Morgan fingerprint density at radius 1 is 1.10 bits per heavy atom. The largest absolute Gasteiger partial charge is 0.493 e. The van der Waals surface area contributed by atoms with Gasteiger partial charge in [0, 0.05) is 16.7 Å². The van der Waals surface area contributed by atoms with Crippen LogP contribution in [0.5, 0.6) is 17.2 Å². The second-order valence-electron chi connectivity index (χ2n) is 6.30. The number of carbonyl (C=O) groups is 1. The lowest BCUT2D eigenvalue weighted by molar-refractivity contribution is -0.137. The van der Waals surface area contributed by atoms with E-state index in [0.29, 0.717) is 39.7 Å². The number of ether oxygens (including phenoxy) is 4. The maximum absolute atomic E-state index is 12.4. The molecule has 2 aromatic carbocycles. The summed E-state index contributed by atoms with van der Waals surface area (Å²) in [5, 5.41) is 9.66. The normalized spacial score (nSPS) is 14.0. The Bertz CT molecular complexity index is 1060. The number of hydrogen-bond acceptors (Lipinski definition) is 6. The molecule has 0 bridgehead atoms. The minimum atomic E-state index is -0.665. The number of allylic oxidation sites excluding steroid dienone is 2. The lowest BCUT2D eigenvalue weighted by Crippen LogP contribution is -2.11. The van der Waals surface area contributed by atoms with Crippen LogP contribution in [0.1, 0.15) is 23.6 Å². The van der Waals surface area contributed by atoms with Gasteiger partial charge in [-0.05, 0) is 50.3 Å². The average Bonchev–Trinajstić information content (AvgIpc) is 2.74. The fourth-order valence-electron chi connectivity index (χ4n) is 3.06. The van der Waals surface area contributed by atoms with E-state index < -0.39 is 5.97 Å². The molecule has 0 saturated carbocycles. The summed E-state index contributed by atoms with van der Waals surface area (Å²) in [6.45, 7) is 3.81. The van der Waals surface area contributed by atoms with E-state index in [2.05, 4.69) is 0 Å². The first-order valence-corrected chi connectivity index (χ1v) is 9.06. The summed E-state index contributed by atoms with van der Waals surface area (Å²) in [6, 6.07) is 13.0. The fraction of sp³-hybridized carbons (Fsp3) is 0.217. The van der Waals surface area contributed by atoms with E-state index in [1.54, 1.807) is 39.4 Å². The van der Waals surface area contributed by atoms with Gasteiger partial charge in [0.05, 0.1) is 20.8 Å². The monoisotopic (exact) mass is 391 g/mol. The van der Waals surface area contributed by atoms with Crippen molar-refractivity contribution in [3.05, 3.63) is 64.7 Å². The number of benzene rings is 2. The first kappa shape index (κ1) is 20.0. The van der Waals surface area contributed by atoms with Gasteiger partial charge in [0.15, 0.2) is 11.5 Å². The Kier molecular flexibility index (Phi) is 5.89. The average molecular weight is 391 g/mol. The van der Waals surface area contributed by atoms with Gasteiger partial charge in [-0.2, -0.15) is 5.26 Å². The quantitative estimate of drug-likeness (QED) is 0.430. The van der Waals surface area contributed by atoms with Crippen molar-refractivity contribution in [2.75, 3.05) is 20.8 Å². The van der Waals surface area contributed by atoms with Crippen molar-refractivity contribution in [2.45, 2.75) is 13.8 Å². The molecule has 1 heterocycles. The summed E-state index contributed by atoms with van der Waals surface area (Å²) in [5.74, 6) is 1.50. The molecule has 0 unspecified atom stereocenters. The van der Waals surface area contributed by atoms with Gasteiger partial charge in [0.2, 0.25) is 0 Å². The summed E-state index contributed by atoms with van der Waals surface area (Å²) in [7, 11) is 3.11. The van der Waals surface area contributed by atoms with E-state index >= 15 is 0 Å². The third-order valence-corrected chi connectivity index (χ3v) is 4.45. The summed E-state index contributed by atoms with van der Waals surface area (Å²) < 4.78 is 21.8. The molecule has 0 N–H and O–H groups in total. The second kappa shape index (κ2) is 8.53. The molecule has 0 spiro atoms. The van der Waals surface area contributed by atoms with Crippen LogP contribution in [-0.4, -0.2) is 26.8 Å². The van der Waals surface area contributed by atoms with Gasteiger partial charge in [-0.25, -0.2) is 4.79 Å². The maximum Gasteiger partial charge on any atom is 0.349 e. The number of fused-ring (bicyclic) bond motifs is 1. The van der Waals surface area contributed by atoms with E-state index in [0.717, 1.165) is 5.56 Å². The lowest BCUT2D eigenvalue weighted by Gasteiger charge is -2.22. The minimum Gasteiger partial charge on any atom is -0.493 e. The van der Waals surface area contributed by atoms with E-state index in [1.165, 1.54) is 0 Å². The van der Waals surface area contributed by atoms with Gasteiger partial charge in [0.1, 0.15) is 23.2 Å². The number of aryl methyl sites for hydroxylation is 1. The Balaban J connectivity index is 2.21. The minimum absolute atomic E-state index is 0.0695. The molecule has 0 saturated heterocycles. The molecule has 3 rings (SSSR count). The fourth-order valence-corrected chi connectivity index (χ4v) is 3.06. The molecule has 2 aromatic rings. The molecule has 0 fully saturated rings. The van der Waals surface area contributed by atoms with Crippen LogP contribution in [0, 0.1) is 18.3 Å². The number of esters is 1. The van der Waals surface area contributed by atoms with Crippen LogP contribution < -0.4 is 14.2 Å². The van der Waals surface area contributed by atoms with E-state index in [1.807, 2.05) is 37.3 Å². The molecule has 6 heteroatoms. The van der Waals surface area contributed by atoms with Crippen LogP contribution in [0.3, 0.4) is 0 Å². The van der Waals surface area contributed by atoms with Crippen molar-refractivity contribution in [3.8, 4) is 23.3 Å². The zero-order valence-electron chi connectivity index (χ0n) is 16.7. The van der Waals surface area contributed by atoms with E-state index in [-0.39, 0.29) is 12.2 Å². The molecule has 1 aliphatic heterocycles. The number of nitrogens with zero attached hydrogens (tertiary/aromatic N) is 1. The maximum atomic E-state index is 12.4. The van der Waals surface area contributed by atoms with Gasteiger partial charge >= 0.3 is 5.97 Å². The SMILES string of the molecule is CCOC(=O)C(C#N)=C1C=C(c2ccc(OC)c(OC)c2)Oc2ccc(C)cc21. The molecule has 29 heavy (non-hydrogen) atoms. The van der Waals surface area contributed by atoms with Gasteiger partial charge in [-0.15, -0.1) is 0 Å². The first-order chi connectivity index (χ1) is 14.0. The summed E-state index contributed by atoms with van der Waals surface area (Å²) in [4.78, 5) is 12.4. The van der Waals surface area contributed by atoms with Gasteiger partial charge in [0.25, 0.3) is 0 Å². The van der Waals surface area contributed by atoms with E-state index in [9.17, 15) is 10.1 Å². The van der Waals surface area contributed by atoms with Crippen LogP contribution in [-0.2, 0) is 9.53 Å². The zero-order valence-corrected chi connectivity index (χ0v) is 16.7. The Morgan fingerprint density at radius 3 is 2.52 bits per heavy atom. The number of methoxy groups -OCH3 is 2. The van der Waals surface area contributed by atoms with Crippen LogP contribution in [0.25, 0.3) is 11.3 Å². The van der Waals surface area contributed by atoms with Crippen molar-refractivity contribution >= 4 is 17.3 Å². The lowest BCUT2D eigenvalue weighted by atomic mass is 9.94. The highest BCUT2D eigenvalue weighted by molar-refractivity contribution is 6.06. The van der Waals surface area contributed by atoms with Crippen LogP contribution in [0.4, 0.5) is 0 Å². The standard InChI is InChI=1S/C23H21NO5/c1-5-28-23(25)18(13-24)16-12-21(29-19-8-6-14(2)10-17(16)19)15-7-9-20(26-3)22(11-15)27-4/h6-12H,5H2,1-4H3. The van der Waals surface area contributed by atoms with Crippen LogP contribution >= 0.6 is 0 Å². The van der Waals surface area contributed by atoms with Crippen molar-refractivity contribution in [3.63, 3.8) is 0 Å². The molecule has 0 aromatic heterocycles. The molecule has 1 aliphatic rings. The number of rotatable bonds is 5. The van der Waals surface area contributed by atoms with Gasteiger partial charge in [-0.3, -0.25) is 0 Å². The molecule has 0 atom stereocenters. The molecule has 6 nitrogen and oxygen atoms in total. The Hall–Kier alpha value is -3.72. The van der Waals surface area contributed by atoms with Gasteiger partial charge < -0.3 is 18.9 Å². The van der Waals surface area contributed by atoms with Crippen LogP contribution in [0.2, 0.25) is 0 Å². The van der Waals surface area contributed by atoms with Crippen LogP contribution in [0.15, 0.2) is 48.0 Å². The summed E-state index contributed by atoms with van der Waals surface area (Å²) in [5.41, 5.74) is 2.75. The van der Waals surface area contributed by atoms with Crippen molar-refractivity contribution < 1.29 is 23.7 Å². The zero-order chi connectivity index (χ0) is 21.0. The second-order valence-corrected chi connectivity index (χ2v) is 6.30. The molecule has 0 aliphatic carbocycles. The highest BCUT2D eigenvalue weighted by Crippen LogP contribution is 2.40. The van der Waals surface area contributed by atoms with E-state index in [4.69, 9.17) is 18.9 Å². The van der Waals surface area contributed by atoms with Crippen molar-refractivity contribution in [1.82, 2.24) is 0 Å². The third-order valence-electron chi connectivity index (χ3n) is 4.45. The highest BCUT2D eigenvalue weighted by Gasteiger charge is 2.25. The Morgan fingerprint density at radius 2 is 1.86 bits per heavy atom. The van der Waals surface area contributed by atoms with Crippen molar-refractivity contribution in [1.29, 1.82) is 5.26 Å². The predicted molar refractivity (Wildman–Crippen MR) is 108 cm³/mol. The number of carbonyl (C=O) groups excluding carboxylic acids is 1.